The van der Waals surface area contributed by atoms with Crippen LogP contribution in [-0.2, 0) is 6.42 Å². The Kier molecular flexibility index (Phi) is 4.80. The predicted molar refractivity (Wildman–Crippen MR) is 103 cm³/mol. The maximum absolute atomic E-state index is 11.2. The van der Waals surface area contributed by atoms with E-state index in [1.807, 2.05) is 20.2 Å². The van der Waals surface area contributed by atoms with Crippen molar-refractivity contribution in [2.45, 2.75) is 31.2 Å². The molecule has 0 saturated carbocycles. The second-order valence-corrected chi connectivity index (χ2v) is 8.78. The number of anilines is 1. The Bertz CT molecular complexity index is 802. The highest BCUT2D eigenvalue weighted by molar-refractivity contribution is 7.97. The maximum Gasteiger partial charge on any atom is 0.335 e. The number of hydrogen-bond acceptors (Lipinski definition) is 4. The zero-order valence-electron chi connectivity index (χ0n) is 15.0. The minimum absolute atomic E-state index is 0.0223. The summed E-state index contributed by atoms with van der Waals surface area (Å²) in [6.07, 6.45) is 0.839. The number of rotatable bonds is 4. The van der Waals surface area contributed by atoms with E-state index >= 15 is 0 Å². The van der Waals surface area contributed by atoms with Crippen LogP contribution < -0.4 is 5.32 Å². The van der Waals surface area contributed by atoms with E-state index in [2.05, 4.69) is 47.7 Å². The highest BCUT2D eigenvalue weighted by Crippen LogP contribution is 2.45. The standard InChI is InChI=1S/C20H24N2O2S/c1-20(2)12-15-10-14(19(23)24)8-9-17(15)21-18(20)13-6-5-7-16(11-13)25-22(3)4/h5-11,18,21H,12H2,1-4H3,(H,23,24). The summed E-state index contributed by atoms with van der Waals surface area (Å²) in [6, 6.07) is 14.1. The molecule has 0 bridgehead atoms. The zero-order valence-corrected chi connectivity index (χ0v) is 15.9. The minimum atomic E-state index is -0.879. The van der Waals surface area contributed by atoms with E-state index in [0.29, 0.717) is 5.56 Å². The largest absolute Gasteiger partial charge is 0.478 e. The van der Waals surface area contributed by atoms with Crippen molar-refractivity contribution < 1.29 is 9.90 Å². The molecule has 1 unspecified atom stereocenters. The molecule has 0 spiro atoms. The number of carboxylic acids is 1. The first-order valence-corrected chi connectivity index (χ1v) is 9.11. The molecule has 5 heteroatoms. The van der Waals surface area contributed by atoms with Gasteiger partial charge in [0.2, 0.25) is 0 Å². The number of fused-ring (bicyclic) bond motifs is 1. The molecule has 0 amide bonds. The normalized spacial score (nSPS) is 18.5. The first-order chi connectivity index (χ1) is 11.8. The van der Waals surface area contributed by atoms with Crippen LogP contribution in [0.5, 0.6) is 0 Å². The lowest BCUT2D eigenvalue weighted by atomic mass is 9.73. The van der Waals surface area contributed by atoms with E-state index in [4.69, 9.17) is 0 Å². The van der Waals surface area contributed by atoms with Crippen LogP contribution in [0.25, 0.3) is 0 Å². The Labute approximate surface area is 153 Å². The van der Waals surface area contributed by atoms with Gasteiger partial charge in [-0.15, -0.1) is 0 Å². The average Bonchev–Trinajstić information content (AvgIpc) is 2.52. The molecule has 0 fully saturated rings. The third kappa shape index (κ3) is 3.83. The Balaban J connectivity index is 1.94. The van der Waals surface area contributed by atoms with Gasteiger partial charge in [0.25, 0.3) is 0 Å². The zero-order chi connectivity index (χ0) is 18.2. The van der Waals surface area contributed by atoms with Gasteiger partial charge in [-0.2, -0.15) is 0 Å². The lowest BCUT2D eigenvalue weighted by molar-refractivity contribution is 0.0696. The van der Waals surface area contributed by atoms with Crippen LogP contribution in [0, 0.1) is 5.41 Å². The Morgan fingerprint density at radius 3 is 2.68 bits per heavy atom. The fraction of sp³-hybridized carbons (Fsp3) is 0.350. The highest BCUT2D eigenvalue weighted by Gasteiger charge is 2.36. The SMILES string of the molecule is CN(C)Sc1cccc(C2Nc3ccc(C(=O)O)cc3CC2(C)C)c1. The van der Waals surface area contributed by atoms with E-state index in [1.54, 1.807) is 24.1 Å². The van der Waals surface area contributed by atoms with Gasteiger partial charge in [-0.1, -0.05) is 26.0 Å². The summed E-state index contributed by atoms with van der Waals surface area (Å²) in [5.41, 5.74) is 3.68. The third-order valence-electron chi connectivity index (χ3n) is 4.56. The van der Waals surface area contributed by atoms with Crippen LogP contribution in [0.15, 0.2) is 47.4 Å². The van der Waals surface area contributed by atoms with Crippen molar-refractivity contribution in [3.05, 3.63) is 59.2 Å². The van der Waals surface area contributed by atoms with Crippen molar-refractivity contribution in [3.63, 3.8) is 0 Å². The summed E-state index contributed by atoms with van der Waals surface area (Å²) < 4.78 is 2.08. The lowest BCUT2D eigenvalue weighted by Crippen LogP contribution is -2.35. The molecule has 4 nitrogen and oxygen atoms in total. The smallest absolute Gasteiger partial charge is 0.335 e. The second kappa shape index (κ2) is 6.73. The summed E-state index contributed by atoms with van der Waals surface area (Å²) in [4.78, 5) is 12.4. The van der Waals surface area contributed by atoms with Crippen LogP contribution in [0.1, 0.15) is 41.4 Å². The number of aromatic carboxylic acids is 1. The molecule has 1 heterocycles. The van der Waals surface area contributed by atoms with Crippen molar-refractivity contribution >= 4 is 23.6 Å². The van der Waals surface area contributed by atoms with Crippen molar-refractivity contribution in [3.8, 4) is 0 Å². The van der Waals surface area contributed by atoms with Crippen molar-refractivity contribution in [2.24, 2.45) is 5.41 Å². The van der Waals surface area contributed by atoms with Gasteiger partial charge in [0.1, 0.15) is 0 Å². The Morgan fingerprint density at radius 2 is 2.00 bits per heavy atom. The molecular weight excluding hydrogens is 332 g/mol. The number of carbonyl (C=O) groups is 1. The van der Waals surface area contributed by atoms with Crippen LogP contribution in [-0.4, -0.2) is 29.5 Å². The van der Waals surface area contributed by atoms with Crippen molar-refractivity contribution in [1.82, 2.24) is 4.31 Å². The van der Waals surface area contributed by atoms with E-state index < -0.39 is 5.97 Å². The molecule has 1 aliphatic heterocycles. The summed E-state index contributed by atoms with van der Waals surface area (Å²) in [6.45, 7) is 4.46. The molecule has 0 radical (unpaired) electrons. The van der Waals surface area contributed by atoms with E-state index in [9.17, 15) is 9.90 Å². The van der Waals surface area contributed by atoms with Gasteiger partial charge in [0, 0.05) is 10.6 Å². The molecule has 0 aromatic heterocycles. The molecule has 1 aliphatic rings. The van der Waals surface area contributed by atoms with Crippen LogP contribution in [0.3, 0.4) is 0 Å². The average molecular weight is 356 g/mol. The summed E-state index contributed by atoms with van der Waals surface area (Å²) in [5.74, 6) is -0.879. The van der Waals surface area contributed by atoms with Gasteiger partial charge in [0.05, 0.1) is 11.6 Å². The van der Waals surface area contributed by atoms with Crippen LogP contribution in [0.2, 0.25) is 0 Å². The molecule has 3 rings (SSSR count). The van der Waals surface area contributed by atoms with E-state index in [1.165, 1.54) is 10.5 Å². The van der Waals surface area contributed by atoms with Gasteiger partial charge in [-0.25, -0.2) is 4.79 Å². The van der Waals surface area contributed by atoms with Crippen LogP contribution in [0.4, 0.5) is 5.69 Å². The van der Waals surface area contributed by atoms with Crippen molar-refractivity contribution in [1.29, 1.82) is 0 Å². The quantitative estimate of drug-likeness (QED) is 0.779. The third-order valence-corrected chi connectivity index (χ3v) is 5.39. The number of benzene rings is 2. The van der Waals surface area contributed by atoms with Gasteiger partial charge in [-0.05, 0) is 79.3 Å². The predicted octanol–water partition coefficient (Wildman–Crippen LogP) is 4.69. The van der Waals surface area contributed by atoms with E-state index in [0.717, 1.165) is 17.7 Å². The molecule has 25 heavy (non-hydrogen) atoms. The molecule has 1 atom stereocenters. The van der Waals surface area contributed by atoms with Crippen LogP contribution >= 0.6 is 11.9 Å². The van der Waals surface area contributed by atoms with E-state index in [-0.39, 0.29) is 11.5 Å². The highest BCUT2D eigenvalue weighted by atomic mass is 32.2. The summed E-state index contributed by atoms with van der Waals surface area (Å²) in [7, 11) is 4.08. The lowest BCUT2D eigenvalue weighted by Gasteiger charge is -2.41. The molecule has 0 aliphatic carbocycles. The van der Waals surface area contributed by atoms with Crippen molar-refractivity contribution in [2.75, 3.05) is 19.4 Å². The minimum Gasteiger partial charge on any atom is -0.478 e. The van der Waals surface area contributed by atoms with Gasteiger partial charge in [-0.3, -0.25) is 4.31 Å². The molecule has 132 valence electrons. The maximum atomic E-state index is 11.2. The number of carboxylic acid groups (broad SMARTS) is 1. The van der Waals surface area contributed by atoms with Gasteiger partial charge < -0.3 is 10.4 Å². The Morgan fingerprint density at radius 1 is 1.24 bits per heavy atom. The fourth-order valence-corrected chi connectivity index (χ4v) is 4.20. The summed E-state index contributed by atoms with van der Waals surface area (Å²) >= 11 is 1.71. The van der Waals surface area contributed by atoms with Gasteiger partial charge in [0.15, 0.2) is 0 Å². The van der Waals surface area contributed by atoms with Gasteiger partial charge >= 0.3 is 5.97 Å². The monoisotopic (exact) mass is 356 g/mol. The number of hydrogen-bond donors (Lipinski definition) is 2. The Hall–Kier alpha value is -1.98. The molecule has 2 aromatic rings. The first-order valence-electron chi connectivity index (χ1n) is 8.34. The first kappa shape index (κ1) is 17.8. The second-order valence-electron chi connectivity index (χ2n) is 7.40. The fourth-order valence-electron chi connectivity index (χ4n) is 3.45. The molecule has 2 aromatic carbocycles. The topological polar surface area (TPSA) is 52.6 Å². The molecular formula is C20H24N2O2S. The molecule has 2 N–H and O–H groups in total. The molecule has 0 saturated heterocycles. The number of nitrogens with zero attached hydrogens (tertiary/aromatic N) is 1. The number of nitrogens with one attached hydrogen (secondary N) is 1. The summed E-state index contributed by atoms with van der Waals surface area (Å²) in [5, 5.41) is 12.9.